The van der Waals surface area contributed by atoms with Crippen molar-refractivity contribution in [3.63, 3.8) is 0 Å². The van der Waals surface area contributed by atoms with Crippen LogP contribution in [0.15, 0.2) is 52.0 Å². The van der Waals surface area contributed by atoms with E-state index in [4.69, 9.17) is 0 Å². The average molecular weight is 240 g/mol. The number of aliphatic hydroxyl groups is 1. The summed E-state index contributed by atoms with van der Waals surface area (Å²) >= 11 is 0. The minimum absolute atomic E-state index is 0.0980. The molecule has 3 rings (SSSR count). The van der Waals surface area contributed by atoms with E-state index in [9.17, 15) is 14.7 Å². The normalized spacial score (nSPS) is 22.8. The van der Waals surface area contributed by atoms with E-state index in [-0.39, 0.29) is 28.5 Å². The second-order valence-electron chi connectivity index (χ2n) is 4.70. The fraction of sp³-hybridized carbons (Fsp3) is 0.267. The molecule has 3 heteroatoms. The van der Waals surface area contributed by atoms with Crippen LogP contribution in [0.3, 0.4) is 0 Å². The van der Waals surface area contributed by atoms with E-state index in [1.54, 1.807) is 6.08 Å². The maximum absolute atomic E-state index is 12.3. The van der Waals surface area contributed by atoms with Crippen molar-refractivity contribution in [2.24, 2.45) is 0 Å². The second-order valence-corrected chi connectivity index (χ2v) is 4.70. The van der Waals surface area contributed by atoms with Gasteiger partial charge in [0.05, 0.1) is 5.57 Å². The number of carbonyl (C=O) groups excluding carboxylic acids is 2. The number of allylic oxidation sites excluding steroid dienone is 6. The highest BCUT2D eigenvalue weighted by Gasteiger charge is 2.31. The summed E-state index contributed by atoms with van der Waals surface area (Å²) in [4.78, 5) is 24.3. The van der Waals surface area contributed by atoms with Crippen LogP contribution in [0, 0.1) is 0 Å². The van der Waals surface area contributed by atoms with Gasteiger partial charge in [-0.2, -0.15) is 0 Å². The highest BCUT2D eigenvalue weighted by Crippen LogP contribution is 2.33. The summed E-state index contributed by atoms with van der Waals surface area (Å²) < 4.78 is 0. The van der Waals surface area contributed by atoms with Crippen LogP contribution in [0.5, 0.6) is 0 Å². The van der Waals surface area contributed by atoms with E-state index in [1.165, 1.54) is 6.08 Å². The Hall–Kier alpha value is -2.12. The molecular formula is C15H12O3. The van der Waals surface area contributed by atoms with Crippen LogP contribution in [-0.4, -0.2) is 16.7 Å². The fourth-order valence-corrected chi connectivity index (χ4v) is 2.61. The van der Waals surface area contributed by atoms with Crippen molar-refractivity contribution in [2.75, 3.05) is 0 Å². The van der Waals surface area contributed by atoms with E-state index in [0.29, 0.717) is 12.8 Å². The van der Waals surface area contributed by atoms with Gasteiger partial charge in [-0.1, -0.05) is 17.7 Å². The molecule has 0 spiro atoms. The monoisotopic (exact) mass is 240 g/mol. The third-order valence-corrected chi connectivity index (χ3v) is 3.47. The molecule has 0 fully saturated rings. The third kappa shape index (κ3) is 1.60. The number of Topliss-reactive ketones (excluding diaryl/α,β-unsaturated/α-hetero) is 2. The molecule has 3 aliphatic carbocycles. The first kappa shape index (κ1) is 11.0. The molecule has 0 aromatic heterocycles. The molecule has 2 bridgehead atoms. The third-order valence-electron chi connectivity index (χ3n) is 3.47. The van der Waals surface area contributed by atoms with Crippen molar-refractivity contribution in [2.45, 2.75) is 25.7 Å². The molecule has 0 saturated heterocycles. The quantitative estimate of drug-likeness (QED) is 0.522. The summed E-state index contributed by atoms with van der Waals surface area (Å²) in [6, 6.07) is 0. The standard InChI is InChI=1S/C15H12O3/c16-12-5-1-3-9-7-10-4-2-6-13(17)14(10)15(18)11(12)8-9/h1,3,5,16H,2,4,6-7H2. The number of aliphatic hydroxyl groups excluding tert-OH is 1. The van der Waals surface area contributed by atoms with Crippen molar-refractivity contribution in [1.82, 2.24) is 0 Å². The lowest BCUT2D eigenvalue weighted by molar-refractivity contribution is -0.120. The van der Waals surface area contributed by atoms with Gasteiger partial charge in [0.2, 0.25) is 5.78 Å². The molecule has 0 heterocycles. The smallest absolute Gasteiger partial charge is 0.208 e. The summed E-state index contributed by atoms with van der Waals surface area (Å²) in [6.07, 6.45) is 7.58. The highest BCUT2D eigenvalue weighted by atomic mass is 16.3. The fourth-order valence-electron chi connectivity index (χ4n) is 2.61. The Kier molecular flexibility index (Phi) is 2.42. The van der Waals surface area contributed by atoms with Crippen molar-refractivity contribution < 1.29 is 14.7 Å². The molecule has 0 aromatic carbocycles. The zero-order valence-electron chi connectivity index (χ0n) is 9.82. The van der Waals surface area contributed by atoms with Gasteiger partial charge in [-0.15, -0.1) is 5.73 Å². The molecule has 0 aliphatic heterocycles. The van der Waals surface area contributed by atoms with Gasteiger partial charge < -0.3 is 5.11 Å². The summed E-state index contributed by atoms with van der Waals surface area (Å²) in [5.41, 5.74) is 5.09. The molecule has 0 radical (unpaired) electrons. The molecule has 0 aromatic rings. The molecule has 0 unspecified atom stereocenters. The van der Waals surface area contributed by atoms with Crippen LogP contribution in [0.1, 0.15) is 25.7 Å². The maximum atomic E-state index is 12.3. The Bertz CT molecular complexity index is 620. The summed E-state index contributed by atoms with van der Waals surface area (Å²) in [5, 5.41) is 9.81. The lowest BCUT2D eigenvalue weighted by atomic mass is 9.84. The molecule has 0 amide bonds. The Morgan fingerprint density at radius 2 is 2.06 bits per heavy atom. The van der Waals surface area contributed by atoms with Crippen LogP contribution in [-0.2, 0) is 9.59 Å². The average Bonchev–Trinajstić information content (AvgIpc) is 2.59. The van der Waals surface area contributed by atoms with Crippen molar-refractivity contribution in [3.8, 4) is 0 Å². The molecule has 90 valence electrons. The van der Waals surface area contributed by atoms with Crippen molar-refractivity contribution >= 4 is 11.6 Å². The van der Waals surface area contributed by atoms with Gasteiger partial charge in [0, 0.05) is 12.8 Å². The van der Waals surface area contributed by atoms with E-state index in [0.717, 1.165) is 24.0 Å². The molecular weight excluding hydrogens is 228 g/mol. The molecule has 3 nitrogen and oxygen atoms in total. The van der Waals surface area contributed by atoms with Crippen LogP contribution in [0.25, 0.3) is 0 Å². The zero-order valence-corrected chi connectivity index (χ0v) is 9.82. The number of carbonyl (C=O) groups is 2. The summed E-state index contributed by atoms with van der Waals surface area (Å²) in [6.45, 7) is 0. The Labute approximate surface area is 105 Å². The van der Waals surface area contributed by atoms with Crippen molar-refractivity contribution in [1.29, 1.82) is 0 Å². The van der Waals surface area contributed by atoms with Gasteiger partial charge in [0.15, 0.2) is 5.78 Å². The van der Waals surface area contributed by atoms with E-state index >= 15 is 0 Å². The largest absolute Gasteiger partial charge is 0.507 e. The molecule has 1 N–H and O–H groups in total. The highest BCUT2D eigenvalue weighted by molar-refractivity contribution is 6.28. The minimum Gasteiger partial charge on any atom is -0.507 e. The van der Waals surface area contributed by atoms with E-state index in [2.05, 4.69) is 5.73 Å². The van der Waals surface area contributed by atoms with Gasteiger partial charge in [-0.25, -0.2) is 0 Å². The lowest BCUT2D eigenvalue weighted by Crippen LogP contribution is -2.20. The minimum atomic E-state index is -0.373. The topological polar surface area (TPSA) is 54.4 Å². The maximum Gasteiger partial charge on any atom is 0.208 e. The Balaban J connectivity index is 2.20. The number of hydrogen-bond acceptors (Lipinski definition) is 3. The van der Waals surface area contributed by atoms with Crippen molar-refractivity contribution in [3.05, 3.63) is 52.0 Å². The first-order chi connectivity index (χ1) is 8.66. The van der Waals surface area contributed by atoms with E-state index in [1.807, 2.05) is 6.08 Å². The lowest BCUT2D eigenvalue weighted by Gasteiger charge is -2.17. The number of rotatable bonds is 0. The predicted molar refractivity (Wildman–Crippen MR) is 65.9 cm³/mol. The molecule has 3 aliphatic rings. The number of ketones is 2. The summed E-state index contributed by atoms with van der Waals surface area (Å²) in [7, 11) is 0. The first-order valence-electron chi connectivity index (χ1n) is 6.04. The molecule has 18 heavy (non-hydrogen) atoms. The van der Waals surface area contributed by atoms with Gasteiger partial charge >= 0.3 is 0 Å². The first-order valence-corrected chi connectivity index (χ1v) is 6.04. The van der Waals surface area contributed by atoms with E-state index < -0.39 is 0 Å². The number of hydrogen-bond donors (Lipinski definition) is 1. The zero-order chi connectivity index (χ0) is 12.7. The van der Waals surface area contributed by atoms with Crippen LogP contribution in [0.4, 0.5) is 0 Å². The van der Waals surface area contributed by atoms with Gasteiger partial charge in [0.1, 0.15) is 11.3 Å². The Morgan fingerprint density at radius 1 is 1.22 bits per heavy atom. The Morgan fingerprint density at radius 3 is 2.89 bits per heavy atom. The summed E-state index contributed by atoms with van der Waals surface area (Å²) in [5.74, 6) is -0.584. The van der Waals surface area contributed by atoms with Crippen LogP contribution in [0.2, 0.25) is 0 Å². The predicted octanol–water partition coefficient (Wildman–Crippen LogP) is 2.47. The molecule has 0 atom stereocenters. The van der Waals surface area contributed by atoms with Gasteiger partial charge in [0.25, 0.3) is 0 Å². The van der Waals surface area contributed by atoms with Gasteiger partial charge in [-0.3, -0.25) is 9.59 Å². The van der Waals surface area contributed by atoms with Crippen LogP contribution < -0.4 is 0 Å². The van der Waals surface area contributed by atoms with Gasteiger partial charge in [-0.05, 0) is 24.5 Å². The van der Waals surface area contributed by atoms with Crippen LogP contribution >= 0.6 is 0 Å². The molecule has 0 saturated carbocycles. The second kappa shape index (κ2) is 3.97. The SMILES string of the molecule is O=C1CCCC2=C1C(=O)C1=C=C(C=CC=C1O)C2.